The summed E-state index contributed by atoms with van der Waals surface area (Å²) in [5.41, 5.74) is 4.08. The van der Waals surface area contributed by atoms with E-state index in [2.05, 4.69) is 17.5 Å². The Kier molecular flexibility index (Phi) is 6.61. The van der Waals surface area contributed by atoms with Gasteiger partial charge in [0.25, 0.3) is 0 Å². The number of fused-ring (bicyclic) bond motifs is 2. The minimum Gasteiger partial charge on any atom is -0.478 e. The normalized spacial score (nSPS) is 26.6. The van der Waals surface area contributed by atoms with Crippen LogP contribution < -0.4 is 5.43 Å². The van der Waals surface area contributed by atoms with Crippen LogP contribution in [0.5, 0.6) is 0 Å². The highest BCUT2D eigenvalue weighted by Crippen LogP contribution is 2.44. The second kappa shape index (κ2) is 9.13. The summed E-state index contributed by atoms with van der Waals surface area (Å²) in [5, 5.41) is 13.2. The Bertz CT molecular complexity index is 686. The second-order valence-electron chi connectivity index (χ2n) is 7.49. The van der Waals surface area contributed by atoms with Gasteiger partial charge in [0.2, 0.25) is 5.91 Å². The third-order valence-corrected chi connectivity index (χ3v) is 5.65. The third kappa shape index (κ3) is 4.95. The van der Waals surface area contributed by atoms with E-state index >= 15 is 0 Å². The number of benzene rings is 1. The summed E-state index contributed by atoms with van der Waals surface area (Å²) >= 11 is 0. The number of aromatic carboxylic acids is 1. The van der Waals surface area contributed by atoms with Gasteiger partial charge in [0.1, 0.15) is 0 Å². The summed E-state index contributed by atoms with van der Waals surface area (Å²) in [7, 11) is 0. The van der Waals surface area contributed by atoms with Crippen molar-refractivity contribution >= 4 is 18.1 Å². The number of carboxylic acid groups (broad SMARTS) is 1. The number of hydrogen-bond acceptors (Lipinski definition) is 4. The van der Waals surface area contributed by atoms with Crippen LogP contribution in [0.2, 0.25) is 0 Å². The molecule has 27 heavy (non-hydrogen) atoms. The molecule has 4 unspecified atom stereocenters. The first-order chi connectivity index (χ1) is 13.1. The van der Waals surface area contributed by atoms with E-state index in [0.29, 0.717) is 17.9 Å². The van der Waals surface area contributed by atoms with Crippen LogP contribution in [0.4, 0.5) is 0 Å². The topological polar surface area (TPSA) is 88.0 Å². The maximum Gasteiger partial charge on any atom is 0.335 e. The molecule has 3 rings (SSSR count). The first-order valence-corrected chi connectivity index (χ1v) is 9.88. The van der Waals surface area contributed by atoms with Gasteiger partial charge in [0.05, 0.1) is 17.8 Å². The SMILES string of the molecule is CCCCC(=O)N/N=C/C1C2CCC(O2)C1CCc1ccc(C(=O)O)cc1. The molecule has 1 aromatic carbocycles. The second-order valence-corrected chi connectivity index (χ2v) is 7.49. The molecule has 2 bridgehead atoms. The first kappa shape index (κ1) is 19.5. The van der Waals surface area contributed by atoms with Crippen LogP contribution in [-0.2, 0) is 16.0 Å². The molecule has 2 fully saturated rings. The van der Waals surface area contributed by atoms with Crippen LogP contribution in [0.15, 0.2) is 29.4 Å². The number of amides is 1. The van der Waals surface area contributed by atoms with Crippen LogP contribution in [-0.4, -0.2) is 35.4 Å². The van der Waals surface area contributed by atoms with Crippen molar-refractivity contribution in [1.82, 2.24) is 5.43 Å². The molecule has 2 saturated heterocycles. The lowest BCUT2D eigenvalue weighted by Gasteiger charge is -2.25. The Hall–Kier alpha value is -2.21. The molecule has 4 atom stereocenters. The summed E-state index contributed by atoms with van der Waals surface area (Å²) in [6.45, 7) is 2.06. The van der Waals surface area contributed by atoms with E-state index in [9.17, 15) is 9.59 Å². The zero-order valence-corrected chi connectivity index (χ0v) is 15.8. The number of ether oxygens (including phenoxy) is 1. The van der Waals surface area contributed by atoms with E-state index in [1.165, 1.54) is 0 Å². The highest BCUT2D eigenvalue weighted by molar-refractivity contribution is 5.87. The van der Waals surface area contributed by atoms with Gasteiger partial charge in [0.15, 0.2) is 0 Å². The summed E-state index contributed by atoms with van der Waals surface area (Å²) in [6, 6.07) is 7.07. The van der Waals surface area contributed by atoms with Gasteiger partial charge in [-0.15, -0.1) is 0 Å². The molecule has 0 aromatic heterocycles. The van der Waals surface area contributed by atoms with Crippen LogP contribution >= 0.6 is 0 Å². The number of carboxylic acids is 1. The number of carbonyl (C=O) groups is 2. The van der Waals surface area contributed by atoms with Gasteiger partial charge < -0.3 is 9.84 Å². The number of hydrazone groups is 1. The molecule has 0 saturated carbocycles. The molecule has 0 radical (unpaired) electrons. The van der Waals surface area contributed by atoms with E-state index in [4.69, 9.17) is 9.84 Å². The van der Waals surface area contributed by atoms with E-state index in [1.807, 2.05) is 18.3 Å². The minimum atomic E-state index is -0.902. The smallest absolute Gasteiger partial charge is 0.335 e. The van der Waals surface area contributed by atoms with Gasteiger partial charge >= 0.3 is 5.97 Å². The van der Waals surface area contributed by atoms with Crippen molar-refractivity contribution in [3.8, 4) is 0 Å². The van der Waals surface area contributed by atoms with Crippen LogP contribution in [0, 0.1) is 11.8 Å². The predicted octanol–water partition coefficient (Wildman–Crippen LogP) is 3.40. The van der Waals surface area contributed by atoms with Crippen molar-refractivity contribution in [2.75, 3.05) is 0 Å². The van der Waals surface area contributed by atoms with Gasteiger partial charge in [-0.25, -0.2) is 10.2 Å². The number of nitrogens with one attached hydrogen (secondary N) is 1. The zero-order valence-electron chi connectivity index (χ0n) is 15.8. The Morgan fingerprint density at radius 1 is 1.26 bits per heavy atom. The minimum absolute atomic E-state index is 0.0350. The molecule has 1 amide bonds. The molecule has 2 N–H and O–H groups in total. The van der Waals surface area contributed by atoms with Crippen molar-refractivity contribution < 1.29 is 19.4 Å². The Labute approximate surface area is 160 Å². The van der Waals surface area contributed by atoms with Gasteiger partial charge in [0, 0.05) is 18.6 Å². The summed E-state index contributed by atoms with van der Waals surface area (Å²) in [6.07, 6.45) is 8.69. The maximum atomic E-state index is 11.7. The Balaban J connectivity index is 1.55. The van der Waals surface area contributed by atoms with Crippen LogP contribution in [0.1, 0.15) is 61.4 Å². The first-order valence-electron chi connectivity index (χ1n) is 9.88. The van der Waals surface area contributed by atoms with E-state index < -0.39 is 5.97 Å². The van der Waals surface area contributed by atoms with Crippen LogP contribution in [0.25, 0.3) is 0 Å². The molecule has 0 spiro atoms. The molecule has 2 aliphatic rings. The Morgan fingerprint density at radius 2 is 2.00 bits per heavy atom. The van der Waals surface area contributed by atoms with Crippen molar-refractivity contribution in [3.05, 3.63) is 35.4 Å². The molecular formula is C21H28N2O4. The Morgan fingerprint density at radius 3 is 2.70 bits per heavy atom. The molecular weight excluding hydrogens is 344 g/mol. The summed E-state index contributed by atoms with van der Waals surface area (Å²) < 4.78 is 6.08. The fourth-order valence-electron chi connectivity index (χ4n) is 4.13. The largest absolute Gasteiger partial charge is 0.478 e. The lowest BCUT2D eigenvalue weighted by Crippen LogP contribution is -2.30. The molecule has 2 heterocycles. The molecule has 2 aliphatic heterocycles. The zero-order chi connectivity index (χ0) is 19.2. The number of hydrogen-bond donors (Lipinski definition) is 2. The number of carbonyl (C=O) groups excluding carboxylic acids is 1. The lowest BCUT2D eigenvalue weighted by atomic mass is 9.77. The van der Waals surface area contributed by atoms with Crippen molar-refractivity contribution in [3.63, 3.8) is 0 Å². The van der Waals surface area contributed by atoms with E-state index in [-0.39, 0.29) is 24.0 Å². The summed E-state index contributed by atoms with van der Waals surface area (Å²) in [5.74, 6) is -0.319. The van der Waals surface area contributed by atoms with Gasteiger partial charge in [-0.05, 0) is 55.7 Å². The van der Waals surface area contributed by atoms with Crippen molar-refractivity contribution in [2.45, 2.75) is 64.1 Å². The van der Waals surface area contributed by atoms with Gasteiger partial charge in [-0.1, -0.05) is 25.5 Å². The summed E-state index contributed by atoms with van der Waals surface area (Å²) in [4.78, 5) is 22.7. The molecule has 1 aromatic rings. The molecule has 6 nitrogen and oxygen atoms in total. The van der Waals surface area contributed by atoms with Crippen molar-refractivity contribution in [1.29, 1.82) is 0 Å². The monoisotopic (exact) mass is 372 g/mol. The van der Waals surface area contributed by atoms with Gasteiger partial charge in [-0.2, -0.15) is 5.10 Å². The standard InChI is InChI=1S/C21H28N2O4/c1-2-3-4-20(24)23-22-13-17-16(18-11-12-19(17)27-18)10-7-14-5-8-15(9-6-14)21(25)26/h5-6,8-9,13,16-19H,2-4,7,10-12H2,1H3,(H,23,24)(H,25,26)/b22-13+. The van der Waals surface area contributed by atoms with Crippen molar-refractivity contribution in [2.24, 2.45) is 16.9 Å². The van der Waals surface area contributed by atoms with E-state index in [1.54, 1.807) is 12.1 Å². The van der Waals surface area contributed by atoms with E-state index in [0.717, 1.165) is 44.1 Å². The highest BCUT2D eigenvalue weighted by Gasteiger charge is 2.47. The average Bonchev–Trinajstić information content (AvgIpc) is 3.27. The maximum absolute atomic E-state index is 11.7. The van der Waals surface area contributed by atoms with Crippen LogP contribution in [0.3, 0.4) is 0 Å². The lowest BCUT2D eigenvalue weighted by molar-refractivity contribution is -0.121. The number of nitrogens with zero attached hydrogens (tertiary/aromatic N) is 1. The third-order valence-electron chi connectivity index (χ3n) is 5.65. The molecule has 146 valence electrons. The number of unbranched alkanes of at least 4 members (excludes halogenated alkanes) is 1. The number of aryl methyl sites for hydroxylation is 1. The quantitative estimate of drug-likeness (QED) is 0.514. The fraction of sp³-hybridized carbons (Fsp3) is 0.571. The molecule has 0 aliphatic carbocycles. The predicted molar refractivity (Wildman–Crippen MR) is 103 cm³/mol. The molecule has 6 heteroatoms. The highest BCUT2D eigenvalue weighted by atomic mass is 16.5. The number of rotatable bonds is 9. The van der Waals surface area contributed by atoms with Gasteiger partial charge in [-0.3, -0.25) is 4.79 Å². The average molecular weight is 372 g/mol. The fourth-order valence-corrected chi connectivity index (χ4v) is 4.13.